The van der Waals surface area contributed by atoms with Gasteiger partial charge in [-0.05, 0) is 51.1 Å². The molecule has 0 amide bonds. The highest BCUT2D eigenvalue weighted by atomic mass is 15.2. The quantitative estimate of drug-likeness (QED) is 0.793. The topological polar surface area (TPSA) is 39.1 Å². The van der Waals surface area contributed by atoms with Gasteiger partial charge in [0.25, 0.3) is 0 Å². The van der Waals surface area contributed by atoms with Gasteiger partial charge in [0.05, 0.1) is 6.07 Å². The Morgan fingerprint density at radius 2 is 2.12 bits per heavy atom. The average molecular weight is 235 g/mol. The number of hydrogen-bond acceptors (Lipinski definition) is 3. The van der Waals surface area contributed by atoms with Crippen molar-refractivity contribution in [2.24, 2.45) is 5.92 Å². The van der Waals surface area contributed by atoms with Crippen molar-refractivity contribution in [1.82, 2.24) is 10.2 Å². The summed E-state index contributed by atoms with van der Waals surface area (Å²) in [5.41, 5.74) is 0. The summed E-state index contributed by atoms with van der Waals surface area (Å²) >= 11 is 0. The lowest BCUT2D eigenvalue weighted by molar-refractivity contribution is 0.262. The van der Waals surface area contributed by atoms with Crippen molar-refractivity contribution in [3.8, 4) is 6.07 Å². The first-order valence-corrected chi connectivity index (χ1v) is 7.19. The van der Waals surface area contributed by atoms with E-state index < -0.39 is 0 Å². The number of nitrogens with zero attached hydrogens (tertiary/aromatic N) is 2. The van der Waals surface area contributed by atoms with Crippen molar-refractivity contribution in [2.75, 3.05) is 19.6 Å². The van der Waals surface area contributed by atoms with Crippen molar-refractivity contribution < 1.29 is 0 Å². The predicted octanol–water partition coefficient (Wildman–Crippen LogP) is 2.14. The highest BCUT2D eigenvalue weighted by molar-refractivity contribution is 4.97. The summed E-state index contributed by atoms with van der Waals surface area (Å²) < 4.78 is 0. The molecule has 2 aliphatic rings. The second-order valence-corrected chi connectivity index (χ2v) is 5.63. The smallest absolute Gasteiger partial charge is 0.108 e. The normalized spacial score (nSPS) is 28.4. The molecule has 1 saturated carbocycles. The molecule has 2 unspecified atom stereocenters. The Labute approximate surface area is 105 Å². The SMILES string of the molecule is CCC1CCCN(CC(C#N)NC2CC2)CC1. The van der Waals surface area contributed by atoms with E-state index in [4.69, 9.17) is 5.26 Å². The van der Waals surface area contributed by atoms with Crippen LogP contribution in [0.1, 0.15) is 45.4 Å². The van der Waals surface area contributed by atoms with Gasteiger partial charge in [0.2, 0.25) is 0 Å². The fourth-order valence-corrected chi connectivity index (χ4v) is 2.74. The predicted molar refractivity (Wildman–Crippen MR) is 69.6 cm³/mol. The summed E-state index contributed by atoms with van der Waals surface area (Å²) in [4.78, 5) is 2.49. The number of hydrogen-bond donors (Lipinski definition) is 1. The lowest BCUT2D eigenvalue weighted by Crippen LogP contribution is -2.41. The average Bonchev–Trinajstić information content (AvgIpc) is 3.15. The first-order valence-electron chi connectivity index (χ1n) is 7.19. The second-order valence-electron chi connectivity index (χ2n) is 5.63. The lowest BCUT2D eigenvalue weighted by Gasteiger charge is -2.23. The Morgan fingerprint density at radius 3 is 2.76 bits per heavy atom. The van der Waals surface area contributed by atoms with Crippen LogP contribution in [0.25, 0.3) is 0 Å². The van der Waals surface area contributed by atoms with E-state index in [2.05, 4.69) is 23.2 Å². The van der Waals surface area contributed by atoms with Gasteiger partial charge in [0.1, 0.15) is 6.04 Å². The van der Waals surface area contributed by atoms with E-state index in [1.54, 1.807) is 0 Å². The molecule has 0 aromatic heterocycles. The third kappa shape index (κ3) is 4.29. The molecule has 2 fully saturated rings. The summed E-state index contributed by atoms with van der Waals surface area (Å²) in [6.07, 6.45) is 7.83. The van der Waals surface area contributed by atoms with Gasteiger partial charge in [0, 0.05) is 12.6 Å². The molecular weight excluding hydrogens is 210 g/mol. The van der Waals surface area contributed by atoms with Gasteiger partial charge < -0.3 is 4.90 Å². The van der Waals surface area contributed by atoms with Gasteiger partial charge in [0.15, 0.2) is 0 Å². The molecular formula is C14H25N3. The van der Waals surface area contributed by atoms with Crippen LogP contribution >= 0.6 is 0 Å². The maximum absolute atomic E-state index is 9.16. The largest absolute Gasteiger partial charge is 0.301 e. The molecule has 0 spiro atoms. The zero-order valence-corrected chi connectivity index (χ0v) is 11.0. The zero-order chi connectivity index (χ0) is 12.1. The maximum atomic E-state index is 9.16. The van der Waals surface area contributed by atoms with E-state index in [1.807, 2.05) is 0 Å². The van der Waals surface area contributed by atoms with Crippen molar-refractivity contribution in [1.29, 1.82) is 5.26 Å². The third-order valence-corrected chi connectivity index (χ3v) is 4.13. The summed E-state index contributed by atoms with van der Waals surface area (Å²) in [6.45, 7) is 5.58. The van der Waals surface area contributed by atoms with Crippen LogP contribution in [0.2, 0.25) is 0 Å². The van der Waals surface area contributed by atoms with Crippen LogP contribution in [-0.4, -0.2) is 36.6 Å². The zero-order valence-electron chi connectivity index (χ0n) is 11.0. The molecule has 2 atom stereocenters. The molecule has 96 valence electrons. The molecule has 3 heteroatoms. The first-order chi connectivity index (χ1) is 8.31. The molecule has 0 aromatic rings. The third-order valence-electron chi connectivity index (χ3n) is 4.13. The van der Waals surface area contributed by atoms with Crippen LogP contribution in [0, 0.1) is 17.2 Å². The molecule has 1 aliphatic heterocycles. The van der Waals surface area contributed by atoms with E-state index in [1.165, 1.54) is 51.6 Å². The molecule has 2 rings (SSSR count). The van der Waals surface area contributed by atoms with Crippen LogP contribution in [0.5, 0.6) is 0 Å². The molecule has 1 saturated heterocycles. The Kier molecular flexibility index (Phi) is 4.82. The monoisotopic (exact) mass is 235 g/mol. The van der Waals surface area contributed by atoms with Gasteiger partial charge in [-0.3, -0.25) is 5.32 Å². The van der Waals surface area contributed by atoms with Crippen molar-refractivity contribution >= 4 is 0 Å². The highest BCUT2D eigenvalue weighted by Crippen LogP contribution is 2.21. The first kappa shape index (κ1) is 12.9. The fourth-order valence-electron chi connectivity index (χ4n) is 2.74. The molecule has 1 heterocycles. The van der Waals surface area contributed by atoms with Gasteiger partial charge in [-0.15, -0.1) is 0 Å². The fraction of sp³-hybridized carbons (Fsp3) is 0.929. The lowest BCUT2D eigenvalue weighted by atomic mass is 9.98. The Hall–Kier alpha value is -0.590. The molecule has 17 heavy (non-hydrogen) atoms. The molecule has 3 nitrogen and oxygen atoms in total. The maximum Gasteiger partial charge on any atom is 0.108 e. The van der Waals surface area contributed by atoms with Crippen LogP contribution in [0.15, 0.2) is 0 Å². The minimum absolute atomic E-state index is 0.0423. The summed E-state index contributed by atoms with van der Waals surface area (Å²) in [5, 5.41) is 12.6. The summed E-state index contributed by atoms with van der Waals surface area (Å²) in [6, 6.07) is 3.09. The minimum atomic E-state index is 0.0423. The number of rotatable bonds is 5. The van der Waals surface area contributed by atoms with Crippen LogP contribution < -0.4 is 5.32 Å². The van der Waals surface area contributed by atoms with Crippen molar-refractivity contribution in [3.05, 3.63) is 0 Å². The van der Waals surface area contributed by atoms with Crippen molar-refractivity contribution in [3.63, 3.8) is 0 Å². The van der Waals surface area contributed by atoms with Crippen LogP contribution in [-0.2, 0) is 0 Å². The summed E-state index contributed by atoms with van der Waals surface area (Å²) in [5.74, 6) is 0.914. The molecule has 1 N–H and O–H groups in total. The minimum Gasteiger partial charge on any atom is -0.301 e. The van der Waals surface area contributed by atoms with Gasteiger partial charge >= 0.3 is 0 Å². The van der Waals surface area contributed by atoms with E-state index >= 15 is 0 Å². The van der Waals surface area contributed by atoms with E-state index in [0.29, 0.717) is 6.04 Å². The second kappa shape index (κ2) is 6.37. The molecule has 0 radical (unpaired) electrons. The van der Waals surface area contributed by atoms with Crippen molar-refractivity contribution in [2.45, 2.75) is 57.5 Å². The van der Waals surface area contributed by atoms with Gasteiger partial charge in [-0.2, -0.15) is 5.26 Å². The summed E-state index contributed by atoms with van der Waals surface area (Å²) in [7, 11) is 0. The highest BCUT2D eigenvalue weighted by Gasteiger charge is 2.26. The van der Waals surface area contributed by atoms with Gasteiger partial charge in [-0.1, -0.05) is 13.3 Å². The Bertz CT molecular complexity index is 267. The van der Waals surface area contributed by atoms with Crippen LogP contribution in [0.4, 0.5) is 0 Å². The standard InChI is InChI=1S/C14H25N3/c1-2-12-4-3-8-17(9-7-12)11-14(10-15)16-13-5-6-13/h12-14,16H,2-9,11H2,1H3. The molecule has 0 aromatic carbocycles. The van der Waals surface area contributed by atoms with E-state index in [9.17, 15) is 0 Å². The van der Waals surface area contributed by atoms with Gasteiger partial charge in [-0.25, -0.2) is 0 Å². The Morgan fingerprint density at radius 1 is 1.29 bits per heavy atom. The number of nitriles is 1. The van der Waals surface area contributed by atoms with E-state index in [-0.39, 0.29) is 6.04 Å². The van der Waals surface area contributed by atoms with Crippen LogP contribution in [0.3, 0.4) is 0 Å². The molecule has 1 aliphatic carbocycles. The van der Waals surface area contributed by atoms with E-state index in [0.717, 1.165) is 12.5 Å². The number of likely N-dealkylation sites (tertiary alicyclic amines) is 1. The molecule has 0 bridgehead atoms. The Balaban J connectivity index is 1.74. The number of nitrogens with one attached hydrogen (secondary N) is 1.